The molecule has 1 aliphatic rings. The number of anilines is 1. The third-order valence-corrected chi connectivity index (χ3v) is 2.84. The highest BCUT2D eigenvalue weighted by molar-refractivity contribution is 5.29. The molecule has 0 aromatic carbocycles. The summed E-state index contributed by atoms with van der Waals surface area (Å²) in [5.41, 5.74) is 5.54. The molecule has 2 heterocycles. The second-order valence-corrected chi connectivity index (χ2v) is 3.95. The summed E-state index contributed by atoms with van der Waals surface area (Å²) in [5, 5.41) is 3.18. The van der Waals surface area contributed by atoms with Crippen molar-refractivity contribution in [3.63, 3.8) is 0 Å². The maximum atomic E-state index is 12.6. The summed E-state index contributed by atoms with van der Waals surface area (Å²) in [5.74, 6) is -0.0342. The zero-order valence-electron chi connectivity index (χ0n) is 8.95. The van der Waals surface area contributed by atoms with Crippen LogP contribution in [0.15, 0.2) is 12.4 Å². The summed E-state index contributed by atoms with van der Waals surface area (Å²) in [4.78, 5) is 7.74. The Bertz CT molecular complexity index is 337. The van der Waals surface area contributed by atoms with E-state index in [0.29, 0.717) is 25.7 Å². The fourth-order valence-electron chi connectivity index (χ4n) is 1.76. The van der Waals surface area contributed by atoms with Crippen molar-refractivity contribution in [1.82, 2.24) is 9.97 Å². The molecule has 88 valence electrons. The Hall–Kier alpha value is -1.27. The zero-order valence-corrected chi connectivity index (χ0v) is 8.95. The topological polar surface area (TPSA) is 73.1 Å². The lowest BCUT2D eigenvalue weighted by molar-refractivity contribution is 0.0625. The second kappa shape index (κ2) is 4.71. The number of nitrogens with one attached hydrogen (secondary N) is 1. The molecule has 1 aliphatic heterocycles. The van der Waals surface area contributed by atoms with Crippen LogP contribution in [0.5, 0.6) is 0 Å². The SMILES string of the molecule is NCC1(Nc2ncc(F)cn2)CCOCC1. The van der Waals surface area contributed by atoms with Crippen LogP contribution in [0.25, 0.3) is 0 Å². The minimum atomic E-state index is -0.445. The van der Waals surface area contributed by atoms with E-state index in [2.05, 4.69) is 15.3 Å². The molecule has 0 atom stereocenters. The second-order valence-electron chi connectivity index (χ2n) is 3.95. The van der Waals surface area contributed by atoms with Crippen molar-refractivity contribution in [2.75, 3.05) is 25.1 Å². The number of halogens is 1. The predicted molar refractivity (Wildman–Crippen MR) is 57.5 cm³/mol. The lowest BCUT2D eigenvalue weighted by Gasteiger charge is -2.36. The summed E-state index contributed by atoms with van der Waals surface area (Å²) in [7, 11) is 0. The Morgan fingerprint density at radius 2 is 2.00 bits per heavy atom. The van der Waals surface area contributed by atoms with Crippen molar-refractivity contribution < 1.29 is 9.13 Å². The Balaban J connectivity index is 2.08. The average molecular weight is 226 g/mol. The molecule has 5 nitrogen and oxygen atoms in total. The van der Waals surface area contributed by atoms with Gasteiger partial charge in [0.05, 0.1) is 17.9 Å². The van der Waals surface area contributed by atoms with Crippen molar-refractivity contribution in [3.05, 3.63) is 18.2 Å². The largest absolute Gasteiger partial charge is 0.381 e. The number of ether oxygens (including phenoxy) is 1. The Morgan fingerprint density at radius 3 is 2.56 bits per heavy atom. The van der Waals surface area contributed by atoms with Crippen LogP contribution >= 0.6 is 0 Å². The first-order valence-corrected chi connectivity index (χ1v) is 5.28. The minimum absolute atomic E-state index is 0.226. The molecular weight excluding hydrogens is 211 g/mol. The van der Waals surface area contributed by atoms with Gasteiger partial charge in [-0.1, -0.05) is 0 Å². The molecule has 0 aliphatic carbocycles. The molecule has 1 aromatic rings. The Morgan fingerprint density at radius 1 is 1.38 bits per heavy atom. The quantitative estimate of drug-likeness (QED) is 0.786. The van der Waals surface area contributed by atoms with E-state index in [9.17, 15) is 4.39 Å². The number of aromatic nitrogens is 2. The maximum absolute atomic E-state index is 12.6. The summed E-state index contributed by atoms with van der Waals surface area (Å²) in [6, 6.07) is 0. The van der Waals surface area contributed by atoms with Crippen molar-refractivity contribution >= 4 is 5.95 Å². The average Bonchev–Trinajstić information content (AvgIpc) is 2.33. The highest BCUT2D eigenvalue weighted by Crippen LogP contribution is 2.23. The highest BCUT2D eigenvalue weighted by atomic mass is 19.1. The van der Waals surface area contributed by atoms with E-state index < -0.39 is 5.82 Å². The van der Waals surface area contributed by atoms with Crippen LogP contribution in [0.1, 0.15) is 12.8 Å². The third-order valence-electron chi connectivity index (χ3n) is 2.84. The van der Waals surface area contributed by atoms with Crippen molar-refractivity contribution in [3.8, 4) is 0 Å². The molecule has 0 saturated carbocycles. The van der Waals surface area contributed by atoms with Gasteiger partial charge in [-0.15, -0.1) is 0 Å². The van der Waals surface area contributed by atoms with Gasteiger partial charge in [-0.05, 0) is 12.8 Å². The summed E-state index contributed by atoms with van der Waals surface area (Å²) in [6.07, 6.45) is 3.90. The molecule has 0 radical (unpaired) electrons. The van der Waals surface area contributed by atoms with Gasteiger partial charge in [0.2, 0.25) is 5.95 Å². The zero-order chi connectivity index (χ0) is 11.4. The van der Waals surface area contributed by atoms with Crippen LogP contribution in [0.4, 0.5) is 10.3 Å². The van der Waals surface area contributed by atoms with Crippen molar-refractivity contribution in [2.24, 2.45) is 5.73 Å². The first-order valence-electron chi connectivity index (χ1n) is 5.28. The summed E-state index contributed by atoms with van der Waals surface area (Å²) < 4.78 is 17.9. The number of hydrogen-bond acceptors (Lipinski definition) is 5. The number of nitrogens with zero attached hydrogens (tertiary/aromatic N) is 2. The Labute approximate surface area is 93.2 Å². The molecule has 0 bridgehead atoms. The van der Waals surface area contributed by atoms with Crippen molar-refractivity contribution in [2.45, 2.75) is 18.4 Å². The number of nitrogens with two attached hydrogens (primary N) is 1. The number of hydrogen-bond donors (Lipinski definition) is 2. The molecule has 2 rings (SSSR count). The molecule has 3 N–H and O–H groups in total. The van der Waals surface area contributed by atoms with E-state index in [0.717, 1.165) is 25.2 Å². The molecule has 1 aromatic heterocycles. The lowest BCUT2D eigenvalue weighted by atomic mass is 9.90. The summed E-state index contributed by atoms with van der Waals surface area (Å²) in [6.45, 7) is 1.83. The van der Waals surface area contributed by atoms with Gasteiger partial charge in [0.25, 0.3) is 0 Å². The van der Waals surface area contributed by atoms with E-state index in [1.165, 1.54) is 0 Å². The fourth-order valence-corrected chi connectivity index (χ4v) is 1.76. The highest BCUT2D eigenvalue weighted by Gasteiger charge is 2.31. The van der Waals surface area contributed by atoms with E-state index >= 15 is 0 Å². The van der Waals surface area contributed by atoms with E-state index in [4.69, 9.17) is 10.5 Å². The van der Waals surface area contributed by atoms with Crippen molar-refractivity contribution in [1.29, 1.82) is 0 Å². The lowest BCUT2D eigenvalue weighted by Crippen LogP contribution is -2.50. The van der Waals surface area contributed by atoms with Crippen LogP contribution in [0.3, 0.4) is 0 Å². The van der Waals surface area contributed by atoms with Gasteiger partial charge in [0, 0.05) is 19.8 Å². The van der Waals surface area contributed by atoms with Gasteiger partial charge in [-0.3, -0.25) is 0 Å². The van der Waals surface area contributed by atoms with E-state index in [1.54, 1.807) is 0 Å². The summed E-state index contributed by atoms with van der Waals surface area (Å²) >= 11 is 0. The molecule has 6 heteroatoms. The van der Waals surface area contributed by atoms with Crippen LogP contribution < -0.4 is 11.1 Å². The van der Waals surface area contributed by atoms with Crippen LogP contribution in [-0.4, -0.2) is 35.3 Å². The first kappa shape index (κ1) is 11.2. The molecule has 1 fully saturated rings. The predicted octanol–water partition coefficient (Wildman–Crippen LogP) is 0.535. The van der Waals surface area contributed by atoms with Gasteiger partial charge >= 0.3 is 0 Å². The van der Waals surface area contributed by atoms with Gasteiger partial charge in [-0.2, -0.15) is 0 Å². The molecular formula is C10H15FN4O. The normalized spacial score (nSPS) is 19.4. The molecule has 1 saturated heterocycles. The van der Waals surface area contributed by atoms with Crippen LogP contribution in [0.2, 0.25) is 0 Å². The molecule has 16 heavy (non-hydrogen) atoms. The van der Waals surface area contributed by atoms with E-state index in [-0.39, 0.29) is 5.54 Å². The smallest absolute Gasteiger partial charge is 0.223 e. The van der Waals surface area contributed by atoms with E-state index in [1.807, 2.05) is 0 Å². The van der Waals surface area contributed by atoms with Crippen LogP contribution in [0, 0.1) is 5.82 Å². The fraction of sp³-hybridized carbons (Fsp3) is 0.600. The molecule has 0 amide bonds. The first-order chi connectivity index (χ1) is 7.74. The van der Waals surface area contributed by atoms with Gasteiger partial charge in [0.1, 0.15) is 0 Å². The minimum Gasteiger partial charge on any atom is -0.381 e. The van der Waals surface area contributed by atoms with Gasteiger partial charge in [-0.25, -0.2) is 14.4 Å². The molecule has 0 unspecified atom stereocenters. The standard InChI is InChI=1S/C10H15FN4O/c11-8-5-13-9(14-6-8)15-10(7-12)1-3-16-4-2-10/h5-6H,1-4,7,12H2,(H,13,14,15). The molecule has 0 spiro atoms. The third kappa shape index (κ3) is 2.45. The van der Waals surface area contributed by atoms with Gasteiger partial charge in [0.15, 0.2) is 5.82 Å². The number of rotatable bonds is 3. The van der Waals surface area contributed by atoms with Crippen LogP contribution in [-0.2, 0) is 4.74 Å². The monoisotopic (exact) mass is 226 g/mol. The van der Waals surface area contributed by atoms with Gasteiger partial charge < -0.3 is 15.8 Å². The Kier molecular flexibility index (Phi) is 3.31. The maximum Gasteiger partial charge on any atom is 0.223 e.